The Kier molecular flexibility index (Phi) is 13.6. The molecule has 3 aliphatic heterocycles. The Morgan fingerprint density at radius 1 is 0.625 bits per heavy atom. The van der Waals surface area contributed by atoms with Crippen LogP contribution in [0.5, 0.6) is 0 Å². The summed E-state index contributed by atoms with van der Waals surface area (Å²) in [5, 5.41) is 3.32. The largest absolute Gasteiger partial charge is 0.456 e. The summed E-state index contributed by atoms with van der Waals surface area (Å²) in [4.78, 5) is 54.6. The molecule has 64 heavy (non-hydrogen) atoms. The van der Waals surface area contributed by atoms with E-state index in [9.17, 15) is 19.2 Å². The monoisotopic (exact) mass is 871 g/mol. The van der Waals surface area contributed by atoms with Gasteiger partial charge in [0.2, 0.25) is 0 Å². The van der Waals surface area contributed by atoms with Gasteiger partial charge in [0.05, 0.1) is 28.9 Å². The van der Waals surface area contributed by atoms with Crippen LogP contribution in [-0.4, -0.2) is 91.1 Å². The lowest BCUT2D eigenvalue weighted by Crippen LogP contribution is -2.61. The van der Waals surface area contributed by atoms with E-state index in [2.05, 4.69) is 5.32 Å². The van der Waals surface area contributed by atoms with E-state index >= 15 is 0 Å². The summed E-state index contributed by atoms with van der Waals surface area (Å²) in [7, 11) is 0. The van der Waals surface area contributed by atoms with Crippen molar-refractivity contribution in [1.82, 2.24) is 5.32 Å². The summed E-state index contributed by atoms with van der Waals surface area (Å²) in [5.41, 5.74) is 2.02. The van der Waals surface area contributed by atoms with Crippen molar-refractivity contribution in [3.05, 3.63) is 179 Å². The van der Waals surface area contributed by atoms with E-state index in [1.54, 1.807) is 142 Å². The molecule has 0 unspecified atom stereocenters. The molecule has 3 heterocycles. The molecule has 0 bridgehead atoms. The first-order valence-electron chi connectivity index (χ1n) is 21.1. The molecule has 14 nitrogen and oxygen atoms in total. The van der Waals surface area contributed by atoms with Crippen molar-refractivity contribution in [2.24, 2.45) is 0 Å². The average molecular weight is 872 g/mol. The van der Waals surface area contributed by atoms with Crippen LogP contribution in [-0.2, 0) is 49.2 Å². The lowest BCUT2D eigenvalue weighted by atomic mass is 9.99. The van der Waals surface area contributed by atoms with Gasteiger partial charge in [-0.1, -0.05) is 103 Å². The van der Waals surface area contributed by atoms with Crippen molar-refractivity contribution in [1.29, 1.82) is 0 Å². The molecule has 5 aromatic rings. The molecule has 3 saturated heterocycles. The van der Waals surface area contributed by atoms with E-state index in [1.807, 2.05) is 30.3 Å². The average Bonchev–Trinajstić information content (AvgIpc) is 3.75. The first-order valence-corrected chi connectivity index (χ1v) is 21.1. The van der Waals surface area contributed by atoms with E-state index in [1.165, 1.54) is 0 Å². The molecule has 0 amide bonds. The first kappa shape index (κ1) is 44.4. The highest BCUT2D eigenvalue weighted by Crippen LogP contribution is 2.46. The van der Waals surface area contributed by atoms with Crippen LogP contribution in [0.15, 0.2) is 152 Å². The zero-order valence-corrected chi connectivity index (χ0v) is 35.5. The van der Waals surface area contributed by atoms with E-state index in [0.717, 1.165) is 5.56 Å². The molecular formula is C50H49NO13. The highest BCUT2D eigenvalue weighted by atomic mass is 16.9. The van der Waals surface area contributed by atoms with E-state index in [4.69, 9.17) is 42.6 Å². The number of carbonyl (C=O) groups is 4. The number of hydrogen-bond donors (Lipinski definition) is 1. The van der Waals surface area contributed by atoms with Crippen molar-refractivity contribution in [2.45, 2.75) is 94.5 Å². The van der Waals surface area contributed by atoms with Crippen molar-refractivity contribution < 1.29 is 61.8 Å². The Morgan fingerprint density at radius 3 is 1.62 bits per heavy atom. The Morgan fingerprint density at radius 2 is 1.09 bits per heavy atom. The summed E-state index contributed by atoms with van der Waals surface area (Å²) in [6, 6.07) is 43.2. The molecule has 9 atom stereocenters. The molecule has 14 heteroatoms. The Labute approximate surface area is 370 Å². The minimum absolute atomic E-state index is 0.00936. The van der Waals surface area contributed by atoms with Gasteiger partial charge < -0.3 is 42.6 Å². The van der Waals surface area contributed by atoms with Crippen LogP contribution in [0.25, 0.3) is 0 Å². The van der Waals surface area contributed by atoms with Crippen LogP contribution in [0, 0.1) is 0 Å². The highest BCUT2D eigenvalue weighted by Gasteiger charge is 2.68. The maximum absolute atomic E-state index is 13.8. The topological polar surface area (TPSA) is 163 Å². The lowest BCUT2D eigenvalue weighted by molar-refractivity contribution is -0.291. The molecule has 0 radical (unpaired) electrons. The van der Waals surface area contributed by atoms with Gasteiger partial charge in [-0.15, -0.1) is 0 Å². The normalized spacial score (nSPS) is 26.2. The van der Waals surface area contributed by atoms with Gasteiger partial charge in [-0.05, 0) is 74.9 Å². The second-order valence-corrected chi connectivity index (χ2v) is 16.1. The molecule has 5 aromatic carbocycles. The number of hydrogen-bond acceptors (Lipinski definition) is 14. The zero-order valence-electron chi connectivity index (χ0n) is 35.5. The SMILES string of the molecule is C[C@@H](OC(=O)c1ccccc1)[C@H]1O[C@@]2(NC[C@H]3O[C@H](OCc4ccccc4)C[C@@H](OC(=O)c4ccccc4)[C@@H]3OC(=O)c3ccccc3)OC(C)(C)O[C@@H]2[C@H]1OC(=O)c1ccccc1. The predicted octanol–water partition coefficient (Wildman–Crippen LogP) is 7.03. The van der Waals surface area contributed by atoms with E-state index in [-0.39, 0.29) is 30.7 Å². The van der Waals surface area contributed by atoms with Gasteiger partial charge in [-0.25, -0.2) is 19.2 Å². The van der Waals surface area contributed by atoms with E-state index < -0.39 is 84.6 Å². The number of carbonyl (C=O) groups excluding carboxylic acids is 4. The minimum Gasteiger partial charge on any atom is -0.456 e. The lowest BCUT2D eigenvalue weighted by Gasteiger charge is -2.41. The molecule has 8 rings (SSSR count). The summed E-state index contributed by atoms with van der Waals surface area (Å²) in [5.74, 6) is -5.78. The van der Waals surface area contributed by atoms with Crippen LogP contribution in [0.2, 0.25) is 0 Å². The van der Waals surface area contributed by atoms with Crippen LogP contribution < -0.4 is 5.32 Å². The fourth-order valence-electron chi connectivity index (χ4n) is 7.94. The fraction of sp³-hybridized carbons (Fsp3) is 0.320. The summed E-state index contributed by atoms with van der Waals surface area (Å²) in [6.45, 7) is 4.96. The maximum Gasteiger partial charge on any atom is 0.338 e. The van der Waals surface area contributed by atoms with Gasteiger partial charge >= 0.3 is 23.9 Å². The summed E-state index contributed by atoms with van der Waals surface area (Å²) >= 11 is 0. The van der Waals surface area contributed by atoms with Crippen LogP contribution in [0.3, 0.4) is 0 Å². The molecule has 0 saturated carbocycles. The predicted molar refractivity (Wildman–Crippen MR) is 228 cm³/mol. The van der Waals surface area contributed by atoms with Crippen LogP contribution in [0.4, 0.5) is 0 Å². The Balaban J connectivity index is 1.12. The van der Waals surface area contributed by atoms with Gasteiger partial charge in [0.25, 0.3) is 5.91 Å². The number of ether oxygens (including phenoxy) is 9. The maximum atomic E-state index is 13.8. The molecule has 3 fully saturated rings. The zero-order chi connectivity index (χ0) is 44.7. The van der Waals surface area contributed by atoms with Crippen LogP contribution in [0.1, 0.15) is 74.2 Å². The van der Waals surface area contributed by atoms with Gasteiger partial charge in [0.1, 0.15) is 24.4 Å². The Hall–Kier alpha value is -6.26. The van der Waals surface area contributed by atoms with Gasteiger partial charge in [0, 0.05) is 13.0 Å². The third-order valence-corrected chi connectivity index (χ3v) is 11.0. The molecule has 0 aliphatic carbocycles. The standard InChI is InChI=1S/C50H49NO13/c1-32(57-45(52)34-21-11-5-12-22-34)41-43(61-48(55)37-27-17-8-18-28-37)44-50(62-41,64-49(2,3)63-44)51-30-39-42(60-47(54)36-25-15-7-16-26-36)38(59-46(53)35-23-13-6-14-24-35)29-40(58-39)56-31-33-19-9-4-10-20-33/h4-28,32,38-44,51H,29-31H2,1-3H3/t32-,38-,39-,40+,41-,42+,43+,44-,50-/m1/s1. The molecular weight excluding hydrogens is 823 g/mol. The van der Waals surface area contributed by atoms with Crippen LogP contribution >= 0.6 is 0 Å². The van der Waals surface area contributed by atoms with Gasteiger partial charge in [-0.3, -0.25) is 5.32 Å². The summed E-state index contributed by atoms with van der Waals surface area (Å²) < 4.78 is 57.1. The molecule has 0 spiro atoms. The highest BCUT2D eigenvalue weighted by molar-refractivity contribution is 5.91. The smallest absolute Gasteiger partial charge is 0.338 e. The number of esters is 4. The minimum atomic E-state index is -1.87. The van der Waals surface area contributed by atoms with Crippen molar-refractivity contribution in [2.75, 3.05) is 6.54 Å². The quantitative estimate of drug-likeness (QED) is 0.0842. The fourth-order valence-corrected chi connectivity index (χ4v) is 7.94. The van der Waals surface area contributed by atoms with E-state index in [0.29, 0.717) is 11.1 Å². The third-order valence-electron chi connectivity index (χ3n) is 11.0. The number of rotatable bonds is 15. The number of benzene rings is 5. The first-order chi connectivity index (χ1) is 31.0. The summed E-state index contributed by atoms with van der Waals surface area (Å²) in [6.07, 6.45) is -8.78. The second kappa shape index (κ2) is 19.6. The van der Waals surface area contributed by atoms with Gasteiger partial charge in [-0.2, -0.15) is 0 Å². The second-order valence-electron chi connectivity index (χ2n) is 16.1. The van der Waals surface area contributed by atoms with Crippen molar-refractivity contribution in [3.8, 4) is 0 Å². The molecule has 1 N–H and O–H groups in total. The molecule has 0 aromatic heterocycles. The van der Waals surface area contributed by atoms with Crippen molar-refractivity contribution >= 4 is 23.9 Å². The van der Waals surface area contributed by atoms with Crippen molar-refractivity contribution in [3.63, 3.8) is 0 Å². The van der Waals surface area contributed by atoms with Gasteiger partial charge in [0.15, 0.2) is 30.4 Å². The molecule has 3 aliphatic rings. The number of nitrogens with one attached hydrogen (secondary N) is 1. The third kappa shape index (κ3) is 10.4. The number of fused-ring (bicyclic) bond motifs is 1. The Bertz CT molecular complexity index is 2350. The molecule has 332 valence electrons.